The van der Waals surface area contributed by atoms with Crippen molar-refractivity contribution >= 4 is 110 Å². The van der Waals surface area contributed by atoms with E-state index in [0.29, 0.717) is 107 Å². The molecule has 0 aliphatic heterocycles. The van der Waals surface area contributed by atoms with Crippen molar-refractivity contribution in [1.82, 2.24) is 24.9 Å². The largest absolute Gasteiger partial charge is 0.437 e. The summed E-state index contributed by atoms with van der Waals surface area (Å²) < 4.78 is 287. The fourth-order valence-electron chi connectivity index (χ4n) is 17.8. The Bertz CT molecular complexity index is 9270. The van der Waals surface area contributed by atoms with E-state index in [1.165, 1.54) is 48.5 Å². The van der Waals surface area contributed by atoms with Crippen LogP contribution in [0.1, 0.15) is 307 Å². The Morgan fingerprint density at radius 1 is 0.304 bits per heavy atom. The van der Waals surface area contributed by atoms with Crippen molar-refractivity contribution in [1.29, 1.82) is 0 Å². The molecule has 15 nitrogen and oxygen atoms in total. The Kier molecular flexibility index (Phi) is 18.6. The molecule has 0 amide bonds. The van der Waals surface area contributed by atoms with Crippen LogP contribution in [0.4, 0.5) is 0 Å². The minimum atomic E-state index is -2.74. The molecule has 0 aliphatic rings. The third-order valence-corrected chi connectivity index (χ3v) is 25.6. The number of benzene rings is 5. The summed E-state index contributed by atoms with van der Waals surface area (Å²) in [5.41, 5.74) is 21.0. The average Bonchev–Trinajstić information content (AvgIpc) is 1.65. The van der Waals surface area contributed by atoms with E-state index < -0.39 is 101 Å². The van der Waals surface area contributed by atoms with E-state index in [9.17, 15) is 0 Å². The minimum absolute atomic E-state index is 0.0589. The van der Waals surface area contributed by atoms with Gasteiger partial charge in [-0.05, 0) is 217 Å². The van der Waals surface area contributed by atoms with E-state index in [1.807, 2.05) is 190 Å². The van der Waals surface area contributed by atoms with Crippen molar-refractivity contribution in [2.75, 3.05) is 0 Å². The molecule has 708 valence electrons. The van der Waals surface area contributed by atoms with Crippen LogP contribution in [-0.2, 0) is 59.9 Å². The Balaban J connectivity index is 0.000000148. The molecule has 0 radical (unpaired) electrons. The zero-order valence-corrected chi connectivity index (χ0v) is 82.8. The van der Waals surface area contributed by atoms with Gasteiger partial charge < -0.3 is 22.1 Å². The maximum atomic E-state index is 8.55. The van der Waals surface area contributed by atoms with Gasteiger partial charge in [0.1, 0.15) is 35.2 Å². The molecule has 0 N–H and O–H groups in total. The van der Waals surface area contributed by atoms with Crippen LogP contribution in [0.25, 0.3) is 167 Å². The lowest BCUT2D eigenvalue weighted by Gasteiger charge is -2.16. The molecule has 0 saturated heterocycles. The number of furan rings is 5. The molecule has 0 saturated carbocycles. The quantitative estimate of drug-likeness (QED) is 0.0908. The molecule has 0 aliphatic carbocycles. The summed E-state index contributed by atoms with van der Waals surface area (Å²) in [6.07, 6.45) is 9.31. The van der Waals surface area contributed by atoms with Crippen molar-refractivity contribution in [3.05, 3.63) is 297 Å². The summed E-state index contributed by atoms with van der Waals surface area (Å²) >= 11 is 0. The van der Waals surface area contributed by atoms with Gasteiger partial charge in [-0.25, -0.2) is 47.8 Å². The second-order valence-electron chi connectivity index (χ2n) is 38.0. The number of rotatable bonds is 15. The molecule has 6 unspecified atom stereocenters. The second-order valence-corrected chi connectivity index (χ2v) is 38.0. The smallest absolute Gasteiger partial charge is 0.227 e. The highest BCUT2D eigenvalue weighted by atomic mass is 16.4. The fraction of sp³-hybridized carbons (Fsp3) is 0.350. The predicted octanol–water partition coefficient (Wildman–Crippen LogP) is 30.3. The molecule has 6 atom stereocenters. The molecular formula is C123H141N10O5+5. The van der Waals surface area contributed by atoms with Crippen LogP contribution in [0.5, 0.6) is 0 Å². The lowest BCUT2D eigenvalue weighted by atomic mass is 9.90. The lowest BCUT2D eigenvalue weighted by Crippen LogP contribution is -2.31. The van der Waals surface area contributed by atoms with Crippen molar-refractivity contribution in [3.8, 4) is 56.3 Å². The van der Waals surface area contributed by atoms with E-state index in [-0.39, 0.29) is 29.7 Å². The first kappa shape index (κ1) is 65.4. The maximum Gasteiger partial charge on any atom is 0.227 e. The average molecular weight is 1870 g/mol. The number of aryl methyl sites for hydroxylation is 11. The number of aromatic nitrogens is 10. The molecule has 20 rings (SSSR count). The standard InChI is InChI=1S/C26H31N2O.2C25H29N2O.C24H27N2O.C23H25N2O/c1-16(2)18-12-13-28(7)22(14-18)23-17(3)8-10-20-21-11-9-19(15-26(4,5)6)27-25(21)29-24(20)23;1-15(2)17-12-13-27(7)20(14-17)22-16(3)8-9-18-19-10-11-21(25(4,5)6)26-24(19)28-23(18)22;1-15(2)13-19-8-10-21-20-9-7-17(5)23(24(20)28-25(21)26-19)22-14-18(16(3)4)11-12-27(22)6;1-14(2)17-11-12-26(6)21(13-17)22-16(5)7-8-18-19-9-10-20(15(3)4)25-24(19)27-23(18)22;1-6-17-8-10-19-18-9-7-15(4)21(22(18)26-23(19)24-17)20-13-16(14(2)3)11-12-25(20)5/h8-14,16H,15H2,1-7H3;8-15H,1-7H3;7-12,14-16H,13H2,1-6H3;7-15H,1-6H3;7-14H,6H2,1-5H3/q5*+1/i1D3,4D3,5D3,16D;1D3,15D;1D3,3D3,15D,16D;1D3,14D,15D;2D3,14D. The third-order valence-electron chi connectivity index (χ3n) is 25.6. The molecule has 15 heterocycles. The van der Waals surface area contributed by atoms with E-state index >= 15 is 0 Å². The molecule has 0 bridgehead atoms. The van der Waals surface area contributed by atoms with Crippen LogP contribution < -0.4 is 22.8 Å². The molecule has 5 aromatic carbocycles. The first-order chi connectivity index (χ1) is 77.6. The molecule has 15 aromatic heterocycles. The van der Waals surface area contributed by atoms with Crippen LogP contribution in [0.3, 0.4) is 0 Å². The summed E-state index contributed by atoms with van der Waals surface area (Å²) in [6.45, 7) is 11.1. The normalized spacial score (nSPS) is 18.8. The van der Waals surface area contributed by atoms with E-state index in [4.69, 9.17) is 69.6 Å². The van der Waals surface area contributed by atoms with Gasteiger partial charge in [-0.1, -0.05) is 205 Å². The van der Waals surface area contributed by atoms with Gasteiger partial charge in [0.15, 0.2) is 58.9 Å². The van der Waals surface area contributed by atoms with Gasteiger partial charge in [0.05, 0.1) is 27.8 Å². The number of pyridine rings is 10. The van der Waals surface area contributed by atoms with Crippen LogP contribution in [0, 0.1) is 45.9 Å². The molecular weight excluding hydrogens is 1700 g/mol. The van der Waals surface area contributed by atoms with Gasteiger partial charge in [0.25, 0.3) is 0 Å². The highest BCUT2D eigenvalue weighted by Gasteiger charge is 2.31. The first-order valence-electron chi connectivity index (χ1n) is 61.8. The fourth-order valence-corrected chi connectivity index (χ4v) is 17.8. The topological polar surface area (TPSA) is 150 Å². The number of fused-ring (bicyclic) bond motifs is 15. The molecule has 20 aromatic rings. The second kappa shape index (κ2) is 39.2. The van der Waals surface area contributed by atoms with Gasteiger partial charge in [-0.2, -0.15) is 0 Å². The summed E-state index contributed by atoms with van der Waals surface area (Å²) in [4.78, 5) is 23.1. The van der Waals surface area contributed by atoms with Gasteiger partial charge >= 0.3 is 0 Å². The van der Waals surface area contributed by atoms with Crippen LogP contribution in [-0.4, -0.2) is 24.9 Å². The van der Waals surface area contributed by atoms with Gasteiger partial charge in [-0.15, -0.1) is 0 Å². The zero-order valence-electron chi connectivity index (χ0n) is 114. The van der Waals surface area contributed by atoms with E-state index in [0.717, 1.165) is 139 Å². The maximum absolute atomic E-state index is 8.55. The van der Waals surface area contributed by atoms with Crippen molar-refractivity contribution in [3.63, 3.8) is 0 Å². The zero-order chi connectivity index (χ0) is 125. The third kappa shape index (κ3) is 19.8. The predicted molar refractivity (Wildman–Crippen MR) is 569 cm³/mol. The summed E-state index contributed by atoms with van der Waals surface area (Å²) in [6, 6.07) is 55.8. The minimum Gasteiger partial charge on any atom is -0.437 e. The highest BCUT2D eigenvalue weighted by Crippen LogP contribution is 2.45. The molecule has 0 spiro atoms. The summed E-state index contributed by atoms with van der Waals surface area (Å²) in [7, 11) is 9.36. The van der Waals surface area contributed by atoms with Crippen LogP contribution in [0.2, 0.25) is 0 Å². The molecule has 0 fully saturated rings. The Morgan fingerprint density at radius 3 is 0.862 bits per heavy atom. The first-order valence-corrected chi connectivity index (χ1v) is 46.3. The van der Waals surface area contributed by atoms with Crippen molar-refractivity contribution in [2.45, 2.75) is 239 Å². The summed E-state index contributed by atoms with van der Waals surface area (Å²) in [5, 5.41) is 8.57. The molecule has 15 heteroatoms. The lowest BCUT2D eigenvalue weighted by molar-refractivity contribution is -0.660. The number of nitrogens with zero attached hydrogens (tertiary/aromatic N) is 10. The van der Waals surface area contributed by atoms with Crippen LogP contribution >= 0.6 is 0 Å². The van der Waals surface area contributed by atoms with Crippen LogP contribution in [0.15, 0.2) is 235 Å². The van der Waals surface area contributed by atoms with Gasteiger partial charge in [0, 0.05) is 191 Å². The number of hydrogen-bond acceptors (Lipinski definition) is 10. The van der Waals surface area contributed by atoms with Gasteiger partial charge in [0.2, 0.25) is 57.0 Å². The van der Waals surface area contributed by atoms with Crippen molar-refractivity contribution < 1.29 is 87.4 Å². The Hall–Kier alpha value is -13.4. The SMILES string of the molecule is [2H]C(C)(C)c1ccc2c(n1)oc1c(-c3cc(C([2H])(C)C([2H])([2H])[2H])cc[n+]3C)c(C)ccc12.[2H]C([2H])([2H])C([2H])(C)Cc1ccc2c(n1)oc1c(-c3cc(C([2H])(C)C([2H])([2H])[2H])cc[n+]3C)c(C)ccc12.[2H]C([2H])([2H])C([2H])(C)c1cc[n+](C)c(-c2c(C)ccc3c2oc2nc(C(C)(C)C)ccc23)c1.[2H]C([2H])([2H])C([2H])(C)c1cc[n+](C)c(-c2c(C)ccc3c2oc2nc(CC(C)(C([2H])([2H])[2H])C([2H])([2H])[2H])ccc23)c1.[2H]C([2H])([2H])C([2H])(C)c1cc[n+](C)c(-c2c(C)ccc3c2oc2nc(CC)ccc23)c1. The highest BCUT2D eigenvalue weighted by molar-refractivity contribution is 6.13. The van der Waals surface area contributed by atoms with Gasteiger partial charge in [-0.3, -0.25) is 0 Å². The Labute approximate surface area is 858 Å². The summed E-state index contributed by atoms with van der Waals surface area (Å²) in [5.74, 6) is -11.4. The van der Waals surface area contributed by atoms with E-state index in [2.05, 4.69) is 53.7 Å². The van der Waals surface area contributed by atoms with E-state index in [1.54, 1.807) is 124 Å². The Morgan fingerprint density at radius 2 is 0.572 bits per heavy atom. The monoisotopic (exact) mass is 1870 g/mol. The van der Waals surface area contributed by atoms with Crippen molar-refractivity contribution in [2.24, 2.45) is 46.5 Å². The number of hydrogen-bond donors (Lipinski definition) is 0. The molecule has 138 heavy (non-hydrogen) atoms.